The second kappa shape index (κ2) is 6.11. The Hall–Kier alpha value is -0.740. The summed E-state index contributed by atoms with van der Waals surface area (Å²) >= 11 is 0. The molecule has 0 atom stereocenters. The first-order valence-corrected chi connectivity index (χ1v) is 5.85. The molecule has 0 unspecified atom stereocenters. The van der Waals surface area contributed by atoms with E-state index in [1.165, 1.54) is 12.8 Å². The van der Waals surface area contributed by atoms with Gasteiger partial charge < -0.3 is 5.73 Å². The molecule has 1 aliphatic rings. The molecule has 1 fully saturated rings. The largest absolute Gasteiger partial charge is 0.389 e. The van der Waals surface area contributed by atoms with Crippen LogP contribution in [-0.2, 0) is 0 Å². The maximum atomic E-state index is 11.8. The van der Waals surface area contributed by atoms with E-state index in [4.69, 9.17) is 5.73 Å². The van der Waals surface area contributed by atoms with Crippen LogP contribution in [-0.4, -0.2) is 18.6 Å². The van der Waals surface area contributed by atoms with E-state index in [1.54, 1.807) is 0 Å². The van der Waals surface area contributed by atoms with Crippen molar-refractivity contribution in [2.45, 2.75) is 51.1 Å². The van der Waals surface area contributed by atoms with Gasteiger partial charge >= 0.3 is 6.18 Å². The molecule has 2 nitrogen and oxygen atoms in total. The van der Waals surface area contributed by atoms with Crippen molar-refractivity contribution in [2.75, 3.05) is 6.54 Å². The van der Waals surface area contributed by atoms with E-state index in [2.05, 4.69) is 4.99 Å². The minimum atomic E-state index is -4.04. The van der Waals surface area contributed by atoms with Crippen molar-refractivity contribution in [3.63, 3.8) is 0 Å². The zero-order valence-electron chi connectivity index (χ0n) is 9.39. The number of rotatable bonds is 5. The number of aliphatic imine (C=N–C) groups is 1. The lowest BCUT2D eigenvalue weighted by atomic mass is 10.1. The minimum absolute atomic E-state index is 0.144. The van der Waals surface area contributed by atoms with Gasteiger partial charge in [0.2, 0.25) is 0 Å². The van der Waals surface area contributed by atoms with Gasteiger partial charge in [0.15, 0.2) is 0 Å². The van der Waals surface area contributed by atoms with E-state index in [0.29, 0.717) is 24.7 Å². The van der Waals surface area contributed by atoms with Crippen LogP contribution in [0, 0.1) is 5.92 Å². The summed E-state index contributed by atoms with van der Waals surface area (Å²) in [6.07, 6.45) is 0.393. The van der Waals surface area contributed by atoms with Crippen LogP contribution in [0.15, 0.2) is 4.99 Å². The topological polar surface area (TPSA) is 38.4 Å². The van der Waals surface area contributed by atoms with E-state index in [9.17, 15) is 13.2 Å². The molecule has 0 amide bonds. The number of amidine groups is 1. The molecule has 0 aromatic carbocycles. The average molecular weight is 236 g/mol. The maximum absolute atomic E-state index is 11.8. The fourth-order valence-corrected chi connectivity index (χ4v) is 2.00. The lowest BCUT2D eigenvalue weighted by molar-refractivity contribution is -0.135. The minimum Gasteiger partial charge on any atom is -0.387 e. The molecular formula is C11H19F3N2. The van der Waals surface area contributed by atoms with Gasteiger partial charge in [0.05, 0.1) is 5.84 Å². The van der Waals surface area contributed by atoms with Crippen LogP contribution >= 0.6 is 0 Å². The molecule has 0 aromatic rings. The van der Waals surface area contributed by atoms with Crippen molar-refractivity contribution in [3.8, 4) is 0 Å². The first kappa shape index (κ1) is 13.3. The van der Waals surface area contributed by atoms with Gasteiger partial charge in [-0.25, -0.2) is 0 Å². The van der Waals surface area contributed by atoms with Crippen LogP contribution in [0.25, 0.3) is 0 Å². The standard InChI is InChI=1S/C11H19F3N2/c12-11(13,14)7-3-4-8-16-10(15)9-5-1-2-6-9/h9H,1-8H2,(H2,15,16). The van der Waals surface area contributed by atoms with Crippen LogP contribution in [0.3, 0.4) is 0 Å². The molecule has 94 valence electrons. The third-order valence-corrected chi connectivity index (χ3v) is 2.94. The fourth-order valence-electron chi connectivity index (χ4n) is 2.00. The zero-order valence-corrected chi connectivity index (χ0v) is 9.39. The van der Waals surface area contributed by atoms with E-state index >= 15 is 0 Å². The Balaban J connectivity index is 2.11. The predicted octanol–water partition coefficient (Wildman–Crippen LogP) is 3.27. The van der Waals surface area contributed by atoms with Gasteiger partial charge in [-0.1, -0.05) is 12.8 Å². The molecule has 0 aromatic heterocycles. The Morgan fingerprint density at radius 2 is 1.81 bits per heavy atom. The molecule has 5 heteroatoms. The number of halogens is 3. The molecule has 1 rings (SSSR count). The fraction of sp³-hybridized carbons (Fsp3) is 0.909. The predicted molar refractivity (Wildman–Crippen MR) is 58.4 cm³/mol. The van der Waals surface area contributed by atoms with Crippen molar-refractivity contribution in [2.24, 2.45) is 16.6 Å². The monoisotopic (exact) mass is 236 g/mol. The quantitative estimate of drug-likeness (QED) is 0.444. The third-order valence-electron chi connectivity index (χ3n) is 2.94. The summed E-state index contributed by atoms with van der Waals surface area (Å²) in [6, 6.07) is 0. The number of nitrogens with zero attached hydrogens (tertiary/aromatic N) is 1. The van der Waals surface area contributed by atoms with Gasteiger partial charge in [-0.3, -0.25) is 4.99 Å². The van der Waals surface area contributed by atoms with E-state index in [1.807, 2.05) is 0 Å². The van der Waals surface area contributed by atoms with E-state index < -0.39 is 12.6 Å². The summed E-state index contributed by atoms with van der Waals surface area (Å²) in [7, 11) is 0. The Morgan fingerprint density at radius 3 is 2.38 bits per heavy atom. The number of alkyl halides is 3. The van der Waals surface area contributed by atoms with Gasteiger partial charge in [-0.15, -0.1) is 0 Å². The second-order valence-corrected chi connectivity index (χ2v) is 4.36. The maximum Gasteiger partial charge on any atom is 0.389 e. The zero-order chi connectivity index (χ0) is 12.0. The molecular weight excluding hydrogens is 217 g/mol. The highest BCUT2D eigenvalue weighted by atomic mass is 19.4. The van der Waals surface area contributed by atoms with Gasteiger partial charge in [0.1, 0.15) is 0 Å². The third kappa shape index (κ3) is 5.37. The SMILES string of the molecule is NC(=NCCCCC(F)(F)F)C1CCCC1. The highest BCUT2D eigenvalue weighted by molar-refractivity contribution is 5.83. The van der Waals surface area contributed by atoms with Crippen LogP contribution in [0.2, 0.25) is 0 Å². The summed E-state index contributed by atoms with van der Waals surface area (Å²) < 4.78 is 35.5. The molecule has 2 N–H and O–H groups in total. The molecule has 1 saturated carbocycles. The first-order chi connectivity index (χ1) is 7.49. The molecule has 1 aliphatic carbocycles. The van der Waals surface area contributed by atoms with Crippen LogP contribution in [0.1, 0.15) is 44.9 Å². The van der Waals surface area contributed by atoms with Gasteiger partial charge in [0, 0.05) is 18.9 Å². The van der Waals surface area contributed by atoms with Crippen molar-refractivity contribution in [1.29, 1.82) is 0 Å². The summed E-state index contributed by atoms with van der Waals surface area (Å²) in [5.74, 6) is 1.02. The highest BCUT2D eigenvalue weighted by Gasteiger charge is 2.25. The lowest BCUT2D eigenvalue weighted by Gasteiger charge is -2.08. The Kier molecular flexibility index (Phi) is 5.09. The van der Waals surface area contributed by atoms with Crippen molar-refractivity contribution in [1.82, 2.24) is 0 Å². The Labute approximate surface area is 94.1 Å². The van der Waals surface area contributed by atoms with Gasteiger partial charge in [-0.2, -0.15) is 13.2 Å². The lowest BCUT2D eigenvalue weighted by Crippen LogP contribution is -2.21. The molecule has 0 aliphatic heterocycles. The van der Waals surface area contributed by atoms with Gasteiger partial charge in [-0.05, 0) is 25.7 Å². The van der Waals surface area contributed by atoms with Crippen molar-refractivity contribution < 1.29 is 13.2 Å². The first-order valence-electron chi connectivity index (χ1n) is 5.85. The molecule has 0 saturated heterocycles. The smallest absolute Gasteiger partial charge is 0.387 e. The molecule has 0 bridgehead atoms. The Bertz CT molecular complexity index is 230. The van der Waals surface area contributed by atoms with Crippen molar-refractivity contribution >= 4 is 5.84 Å². The number of nitrogens with two attached hydrogens (primary N) is 1. The molecule has 0 radical (unpaired) electrons. The molecule has 0 heterocycles. The Morgan fingerprint density at radius 1 is 1.19 bits per heavy atom. The summed E-state index contributed by atoms with van der Waals surface area (Å²) in [5.41, 5.74) is 5.77. The summed E-state index contributed by atoms with van der Waals surface area (Å²) in [6.45, 7) is 0.429. The van der Waals surface area contributed by atoms with Crippen LogP contribution in [0.5, 0.6) is 0 Å². The number of hydrogen-bond donors (Lipinski definition) is 1. The average Bonchev–Trinajstić information content (AvgIpc) is 2.67. The van der Waals surface area contributed by atoms with E-state index in [-0.39, 0.29) is 6.42 Å². The number of unbranched alkanes of at least 4 members (excludes halogenated alkanes) is 1. The summed E-state index contributed by atoms with van der Waals surface area (Å²) in [5, 5.41) is 0. The normalized spacial score (nSPS) is 19.3. The molecule has 16 heavy (non-hydrogen) atoms. The highest BCUT2D eigenvalue weighted by Crippen LogP contribution is 2.25. The van der Waals surface area contributed by atoms with Crippen LogP contribution < -0.4 is 5.73 Å². The van der Waals surface area contributed by atoms with E-state index in [0.717, 1.165) is 12.8 Å². The summed E-state index contributed by atoms with van der Waals surface area (Å²) in [4.78, 5) is 4.15. The molecule has 0 spiro atoms. The van der Waals surface area contributed by atoms with Crippen molar-refractivity contribution in [3.05, 3.63) is 0 Å². The number of hydrogen-bond acceptors (Lipinski definition) is 1. The van der Waals surface area contributed by atoms with Crippen LogP contribution in [0.4, 0.5) is 13.2 Å². The van der Waals surface area contributed by atoms with Gasteiger partial charge in [0.25, 0.3) is 0 Å². The second-order valence-electron chi connectivity index (χ2n) is 4.36.